The summed E-state index contributed by atoms with van der Waals surface area (Å²) < 4.78 is 0. The molecule has 1 aromatic carbocycles. The predicted molar refractivity (Wildman–Crippen MR) is 74.6 cm³/mol. The topological polar surface area (TPSA) is 38.0 Å². The molecule has 0 heterocycles. The first-order valence-electron chi connectivity index (χ1n) is 6.41. The SMILES string of the molecule is Cc1ccc(NCC2CCCC(N)C2)cc1Cl. The Morgan fingerprint density at radius 2 is 2.24 bits per heavy atom. The second kappa shape index (κ2) is 5.74. The minimum atomic E-state index is 0.400. The molecule has 17 heavy (non-hydrogen) atoms. The number of hydrogen-bond acceptors (Lipinski definition) is 2. The Bertz CT molecular complexity index is 378. The van der Waals surface area contributed by atoms with Gasteiger partial charge in [0.1, 0.15) is 0 Å². The third-order valence-electron chi connectivity index (χ3n) is 3.59. The van der Waals surface area contributed by atoms with Crippen LogP contribution in [-0.2, 0) is 0 Å². The van der Waals surface area contributed by atoms with Crippen LogP contribution in [0.4, 0.5) is 5.69 Å². The standard InChI is InChI=1S/C14H21ClN2/c1-10-5-6-13(8-14(10)15)17-9-11-3-2-4-12(16)7-11/h5-6,8,11-12,17H,2-4,7,9,16H2,1H3. The summed E-state index contributed by atoms with van der Waals surface area (Å²) in [7, 11) is 0. The van der Waals surface area contributed by atoms with Crippen LogP contribution in [0.25, 0.3) is 0 Å². The number of benzene rings is 1. The second-order valence-electron chi connectivity index (χ2n) is 5.14. The van der Waals surface area contributed by atoms with Crippen molar-refractivity contribution >= 4 is 17.3 Å². The molecular weight excluding hydrogens is 232 g/mol. The van der Waals surface area contributed by atoms with Gasteiger partial charge >= 0.3 is 0 Å². The van der Waals surface area contributed by atoms with E-state index < -0.39 is 0 Å². The predicted octanol–water partition coefficient (Wildman–Crippen LogP) is 3.58. The van der Waals surface area contributed by atoms with Crippen molar-refractivity contribution in [1.29, 1.82) is 0 Å². The highest BCUT2D eigenvalue weighted by Crippen LogP contribution is 2.25. The number of halogens is 1. The van der Waals surface area contributed by atoms with Crippen molar-refractivity contribution in [3.05, 3.63) is 28.8 Å². The first-order chi connectivity index (χ1) is 8.15. The highest BCUT2D eigenvalue weighted by Gasteiger charge is 2.18. The van der Waals surface area contributed by atoms with Crippen LogP contribution in [0.15, 0.2) is 18.2 Å². The van der Waals surface area contributed by atoms with Gasteiger partial charge in [0.25, 0.3) is 0 Å². The summed E-state index contributed by atoms with van der Waals surface area (Å²) in [5, 5.41) is 4.29. The van der Waals surface area contributed by atoms with Gasteiger partial charge in [-0.05, 0) is 49.8 Å². The van der Waals surface area contributed by atoms with Crippen LogP contribution < -0.4 is 11.1 Å². The minimum Gasteiger partial charge on any atom is -0.385 e. The zero-order valence-electron chi connectivity index (χ0n) is 10.4. The van der Waals surface area contributed by atoms with Gasteiger partial charge in [0, 0.05) is 23.3 Å². The summed E-state index contributed by atoms with van der Waals surface area (Å²) in [5.41, 5.74) is 8.22. The third kappa shape index (κ3) is 3.62. The van der Waals surface area contributed by atoms with E-state index in [1.54, 1.807) is 0 Å². The molecule has 1 aromatic rings. The Balaban J connectivity index is 1.86. The van der Waals surface area contributed by atoms with Gasteiger partial charge in [0.05, 0.1) is 0 Å². The average molecular weight is 253 g/mol. The van der Waals surface area contributed by atoms with Gasteiger partial charge in [-0.15, -0.1) is 0 Å². The van der Waals surface area contributed by atoms with E-state index in [-0.39, 0.29) is 0 Å². The third-order valence-corrected chi connectivity index (χ3v) is 4.00. The fourth-order valence-corrected chi connectivity index (χ4v) is 2.66. The van der Waals surface area contributed by atoms with Crippen molar-refractivity contribution in [3.8, 4) is 0 Å². The van der Waals surface area contributed by atoms with Gasteiger partial charge < -0.3 is 11.1 Å². The van der Waals surface area contributed by atoms with E-state index in [1.165, 1.54) is 19.3 Å². The Hall–Kier alpha value is -0.730. The fraction of sp³-hybridized carbons (Fsp3) is 0.571. The van der Waals surface area contributed by atoms with Crippen molar-refractivity contribution < 1.29 is 0 Å². The number of rotatable bonds is 3. The molecule has 0 saturated heterocycles. The Morgan fingerprint density at radius 1 is 1.41 bits per heavy atom. The van der Waals surface area contributed by atoms with Gasteiger partial charge in [-0.3, -0.25) is 0 Å². The molecule has 0 amide bonds. The first-order valence-corrected chi connectivity index (χ1v) is 6.78. The van der Waals surface area contributed by atoms with E-state index in [4.69, 9.17) is 17.3 Å². The van der Waals surface area contributed by atoms with Gasteiger partial charge in [0.2, 0.25) is 0 Å². The average Bonchev–Trinajstić information content (AvgIpc) is 2.31. The summed E-state index contributed by atoms with van der Waals surface area (Å²) in [6.07, 6.45) is 4.89. The maximum absolute atomic E-state index is 6.10. The molecule has 0 aliphatic heterocycles. The largest absolute Gasteiger partial charge is 0.385 e. The van der Waals surface area contributed by atoms with Crippen LogP contribution in [0.3, 0.4) is 0 Å². The summed E-state index contributed by atoms with van der Waals surface area (Å²) in [4.78, 5) is 0. The number of anilines is 1. The van der Waals surface area contributed by atoms with Crippen LogP contribution in [0.2, 0.25) is 5.02 Å². The number of aryl methyl sites for hydroxylation is 1. The number of nitrogens with two attached hydrogens (primary N) is 1. The molecule has 2 rings (SSSR count). The molecule has 94 valence electrons. The molecule has 0 aromatic heterocycles. The summed E-state index contributed by atoms with van der Waals surface area (Å²) >= 11 is 6.10. The second-order valence-corrected chi connectivity index (χ2v) is 5.54. The van der Waals surface area contributed by atoms with Gasteiger partial charge in [-0.1, -0.05) is 24.1 Å². The molecule has 1 aliphatic carbocycles. The molecule has 2 nitrogen and oxygen atoms in total. The van der Waals surface area contributed by atoms with Crippen LogP contribution in [0, 0.1) is 12.8 Å². The Kier molecular flexibility index (Phi) is 4.30. The van der Waals surface area contributed by atoms with Gasteiger partial charge in [-0.2, -0.15) is 0 Å². The lowest BCUT2D eigenvalue weighted by molar-refractivity contribution is 0.335. The lowest BCUT2D eigenvalue weighted by Crippen LogP contribution is -2.30. The van der Waals surface area contributed by atoms with E-state index in [9.17, 15) is 0 Å². The fourth-order valence-electron chi connectivity index (χ4n) is 2.48. The van der Waals surface area contributed by atoms with E-state index in [0.29, 0.717) is 12.0 Å². The summed E-state index contributed by atoms with van der Waals surface area (Å²) in [6.45, 7) is 3.03. The van der Waals surface area contributed by atoms with Crippen molar-refractivity contribution in [1.82, 2.24) is 0 Å². The number of nitrogens with one attached hydrogen (secondary N) is 1. The van der Waals surface area contributed by atoms with E-state index in [1.807, 2.05) is 13.0 Å². The molecule has 1 saturated carbocycles. The molecule has 3 N–H and O–H groups in total. The van der Waals surface area contributed by atoms with E-state index >= 15 is 0 Å². The number of hydrogen-bond donors (Lipinski definition) is 2. The molecule has 2 atom stereocenters. The molecule has 2 unspecified atom stereocenters. The zero-order chi connectivity index (χ0) is 12.3. The summed E-state index contributed by atoms with van der Waals surface area (Å²) in [6, 6.07) is 6.54. The van der Waals surface area contributed by atoms with Crippen molar-refractivity contribution in [2.75, 3.05) is 11.9 Å². The molecule has 0 spiro atoms. The first kappa shape index (κ1) is 12.7. The van der Waals surface area contributed by atoms with E-state index in [2.05, 4.69) is 17.4 Å². The Labute approximate surface area is 109 Å². The van der Waals surface area contributed by atoms with Crippen molar-refractivity contribution in [2.24, 2.45) is 11.7 Å². The zero-order valence-corrected chi connectivity index (χ0v) is 11.1. The lowest BCUT2D eigenvalue weighted by Gasteiger charge is -2.27. The molecule has 0 bridgehead atoms. The van der Waals surface area contributed by atoms with Crippen molar-refractivity contribution in [3.63, 3.8) is 0 Å². The smallest absolute Gasteiger partial charge is 0.0455 e. The molecule has 0 radical (unpaired) electrons. The maximum Gasteiger partial charge on any atom is 0.0455 e. The van der Waals surface area contributed by atoms with Gasteiger partial charge in [-0.25, -0.2) is 0 Å². The van der Waals surface area contributed by atoms with Crippen LogP contribution in [-0.4, -0.2) is 12.6 Å². The van der Waals surface area contributed by atoms with Crippen LogP contribution >= 0.6 is 11.6 Å². The molecule has 3 heteroatoms. The minimum absolute atomic E-state index is 0.400. The molecule has 1 aliphatic rings. The van der Waals surface area contributed by atoms with Crippen LogP contribution in [0.1, 0.15) is 31.2 Å². The normalized spacial score (nSPS) is 24.6. The van der Waals surface area contributed by atoms with Gasteiger partial charge in [0.15, 0.2) is 0 Å². The Morgan fingerprint density at radius 3 is 2.94 bits per heavy atom. The lowest BCUT2D eigenvalue weighted by atomic mass is 9.86. The molecular formula is C14H21ClN2. The van der Waals surface area contributed by atoms with E-state index in [0.717, 1.165) is 29.2 Å². The maximum atomic E-state index is 6.10. The monoisotopic (exact) mass is 252 g/mol. The highest BCUT2D eigenvalue weighted by molar-refractivity contribution is 6.31. The van der Waals surface area contributed by atoms with Crippen LogP contribution in [0.5, 0.6) is 0 Å². The van der Waals surface area contributed by atoms with Crippen molar-refractivity contribution in [2.45, 2.75) is 38.6 Å². The summed E-state index contributed by atoms with van der Waals surface area (Å²) in [5.74, 6) is 0.707. The molecule has 1 fully saturated rings. The quantitative estimate of drug-likeness (QED) is 0.863. The highest BCUT2D eigenvalue weighted by atomic mass is 35.5.